The fourth-order valence-corrected chi connectivity index (χ4v) is 2.60. The Balaban J connectivity index is 2.13. The molecule has 0 saturated carbocycles. The maximum Gasteiger partial charge on any atom is 0.258 e. The van der Waals surface area contributed by atoms with Crippen LogP contribution in [0.5, 0.6) is 0 Å². The first-order valence-corrected chi connectivity index (χ1v) is 6.45. The van der Waals surface area contributed by atoms with Crippen molar-refractivity contribution in [3.8, 4) is 0 Å². The number of hydrogen-bond donors (Lipinski definition) is 0. The molecule has 0 amide bonds. The zero-order valence-corrected chi connectivity index (χ0v) is 10.6. The van der Waals surface area contributed by atoms with Crippen molar-refractivity contribution in [3.05, 3.63) is 46.4 Å². The van der Waals surface area contributed by atoms with Gasteiger partial charge in [-0.2, -0.15) is 0 Å². The number of ether oxygens (including phenoxy) is 1. The van der Waals surface area contributed by atoms with E-state index in [1.165, 1.54) is 0 Å². The first-order valence-electron chi connectivity index (χ1n) is 6.45. The molecule has 1 aromatic carbocycles. The summed E-state index contributed by atoms with van der Waals surface area (Å²) in [6.45, 7) is 3.48. The fourth-order valence-electron chi connectivity index (χ4n) is 2.60. The van der Waals surface area contributed by atoms with Gasteiger partial charge in [0.2, 0.25) is 0 Å². The molecule has 0 spiro atoms. The zero-order valence-electron chi connectivity index (χ0n) is 10.6. The van der Waals surface area contributed by atoms with E-state index in [0.29, 0.717) is 6.61 Å². The molecule has 3 heteroatoms. The van der Waals surface area contributed by atoms with Crippen LogP contribution in [0, 0.1) is 6.92 Å². The largest absolute Gasteiger partial charge is 0.379 e. The molecule has 0 radical (unpaired) electrons. The Morgan fingerprint density at radius 3 is 3.00 bits per heavy atom. The van der Waals surface area contributed by atoms with Gasteiger partial charge in [0, 0.05) is 18.2 Å². The van der Waals surface area contributed by atoms with Gasteiger partial charge in [0.1, 0.15) is 0 Å². The second-order valence-electron chi connectivity index (χ2n) is 4.99. The van der Waals surface area contributed by atoms with Crippen molar-refractivity contribution in [2.24, 2.45) is 0 Å². The predicted octanol–water partition coefficient (Wildman–Crippen LogP) is 2.66. The van der Waals surface area contributed by atoms with Gasteiger partial charge in [-0.25, -0.2) is 0 Å². The third-order valence-electron chi connectivity index (χ3n) is 3.62. The van der Waals surface area contributed by atoms with Crippen LogP contribution >= 0.6 is 0 Å². The number of hydrogen-bond acceptors (Lipinski definition) is 2. The summed E-state index contributed by atoms with van der Waals surface area (Å²) in [7, 11) is 0. The quantitative estimate of drug-likeness (QED) is 0.771. The highest BCUT2D eigenvalue weighted by atomic mass is 16.5. The van der Waals surface area contributed by atoms with Gasteiger partial charge in [-0.05, 0) is 37.3 Å². The normalized spacial score (nSPS) is 20.2. The van der Waals surface area contributed by atoms with Gasteiger partial charge < -0.3 is 9.30 Å². The minimum absolute atomic E-state index is 0.103. The Kier molecular flexibility index (Phi) is 2.92. The number of fused-ring (bicyclic) bond motifs is 1. The Bertz CT molecular complexity index is 624. The van der Waals surface area contributed by atoms with E-state index < -0.39 is 0 Å². The zero-order chi connectivity index (χ0) is 12.5. The first-order chi connectivity index (χ1) is 8.75. The molecule has 1 fully saturated rings. The molecule has 0 aliphatic carbocycles. The smallest absolute Gasteiger partial charge is 0.258 e. The molecule has 18 heavy (non-hydrogen) atoms. The standard InChI is InChI=1S/C15H17NO2/c1-11-4-5-12-6-7-16(15(17)14(12)9-11)13-3-2-8-18-10-13/h4-7,9,13H,2-3,8,10H2,1H3. The first kappa shape index (κ1) is 11.5. The van der Waals surface area contributed by atoms with Gasteiger partial charge in [0.25, 0.3) is 5.56 Å². The second kappa shape index (κ2) is 4.58. The van der Waals surface area contributed by atoms with Gasteiger partial charge in [0.15, 0.2) is 0 Å². The van der Waals surface area contributed by atoms with E-state index in [9.17, 15) is 4.79 Å². The molecule has 1 aliphatic rings. The highest BCUT2D eigenvalue weighted by Gasteiger charge is 2.17. The summed E-state index contributed by atoms with van der Waals surface area (Å²) in [5.41, 5.74) is 1.23. The topological polar surface area (TPSA) is 31.2 Å². The Labute approximate surface area is 106 Å². The van der Waals surface area contributed by atoms with Crippen molar-refractivity contribution in [1.82, 2.24) is 4.57 Å². The molecule has 2 heterocycles. The monoisotopic (exact) mass is 243 g/mol. The summed E-state index contributed by atoms with van der Waals surface area (Å²) >= 11 is 0. The van der Waals surface area contributed by atoms with E-state index in [4.69, 9.17) is 4.74 Å². The fraction of sp³-hybridized carbons (Fsp3) is 0.400. The van der Waals surface area contributed by atoms with Gasteiger partial charge in [-0.1, -0.05) is 17.7 Å². The SMILES string of the molecule is Cc1ccc2ccn(C3CCCOC3)c(=O)c2c1. The molecule has 0 N–H and O–H groups in total. The van der Waals surface area contributed by atoms with Crippen molar-refractivity contribution in [3.63, 3.8) is 0 Å². The van der Waals surface area contributed by atoms with Crippen LogP contribution in [0.15, 0.2) is 35.3 Å². The molecule has 94 valence electrons. The van der Waals surface area contributed by atoms with Crippen molar-refractivity contribution in [2.75, 3.05) is 13.2 Å². The Morgan fingerprint density at radius 1 is 1.33 bits per heavy atom. The lowest BCUT2D eigenvalue weighted by molar-refractivity contribution is 0.0582. The maximum atomic E-state index is 12.5. The summed E-state index contributed by atoms with van der Waals surface area (Å²) in [5, 5.41) is 1.82. The molecule has 2 aromatic rings. The highest BCUT2D eigenvalue weighted by molar-refractivity contribution is 5.82. The van der Waals surface area contributed by atoms with Crippen LogP contribution in [0.25, 0.3) is 10.8 Å². The molecule has 1 saturated heterocycles. The highest BCUT2D eigenvalue weighted by Crippen LogP contribution is 2.19. The van der Waals surface area contributed by atoms with Crippen molar-refractivity contribution >= 4 is 10.8 Å². The van der Waals surface area contributed by atoms with Crippen LogP contribution in [0.2, 0.25) is 0 Å². The Morgan fingerprint density at radius 2 is 2.22 bits per heavy atom. The summed E-state index contributed by atoms with van der Waals surface area (Å²) in [4.78, 5) is 12.5. The molecule has 0 bridgehead atoms. The lowest BCUT2D eigenvalue weighted by Gasteiger charge is -2.24. The van der Waals surface area contributed by atoms with E-state index >= 15 is 0 Å². The molecule has 3 rings (SSSR count). The molecule has 1 aliphatic heterocycles. The summed E-state index contributed by atoms with van der Waals surface area (Å²) in [6, 6.07) is 8.22. The second-order valence-corrected chi connectivity index (χ2v) is 4.99. The van der Waals surface area contributed by atoms with Crippen molar-refractivity contribution < 1.29 is 4.74 Å². The van der Waals surface area contributed by atoms with Crippen LogP contribution in [-0.4, -0.2) is 17.8 Å². The van der Waals surface area contributed by atoms with Crippen molar-refractivity contribution in [1.29, 1.82) is 0 Å². The molecule has 1 unspecified atom stereocenters. The summed E-state index contributed by atoms with van der Waals surface area (Å²) in [5.74, 6) is 0. The average molecular weight is 243 g/mol. The van der Waals surface area contributed by atoms with E-state index in [-0.39, 0.29) is 11.6 Å². The van der Waals surface area contributed by atoms with E-state index in [2.05, 4.69) is 0 Å². The van der Waals surface area contributed by atoms with E-state index in [0.717, 1.165) is 35.8 Å². The number of nitrogens with zero attached hydrogens (tertiary/aromatic N) is 1. The third-order valence-corrected chi connectivity index (χ3v) is 3.62. The van der Waals surface area contributed by atoms with E-state index in [1.807, 2.05) is 42.0 Å². The molecular formula is C15H17NO2. The van der Waals surface area contributed by atoms with E-state index in [1.54, 1.807) is 0 Å². The lowest BCUT2D eigenvalue weighted by atomic mass is 10.1. The van der Waals surface area contributed by atoms with Crippen LogP contribution in [0.3, 0.4) is 0 Å². The number of benzene rings is 1. The minimum Gasteiger partial charge on any atom is -0.379 e. The molecule has 3 nitrogen and oxygen atoms in total. The average Bonchev–Trinajstić information content (AvgIpc) is 2.41. The number of aryl methyl sites for hydroxylation is 1. The maximum absolute atomic E-state index is 12.5. The molecule has 1 atom stereocenters. The number of pyridine rings is 1. The number of rotatable bonds is 1. The van der Waals surface area contributed by atoms with Crippen molar-refractivity contribution in [2.45, 2.75) is 25.8 Å². The van der Waals surface area contributed by atoms with Crippen LogP contribution in [0.1, 0.15) is 24.4 Å². The van der Waals surface area contributed by atoms with Crippen LogP contribution in [0.4, 0.5) is 0 Å². The van der Waals surface area contributed by atoms with Gasteiger partial charge >= 0.3 is 0 Å². The minimum atomic E-state index is 0.103. The molecular weight excluding hydrogens is 226 g/mol. The van der Waals surface area contributed by atoms with Crippen LogP contribution < -0.4 is 5.56 Å². The van der Waals surface area contributed by atoms with Gasteiger partial charge in [-0.3, -0.25) is 4.79 Å². The predicted molar refractivity (Wildman–Crippen MR) is 72.0 cm³/mol. The Hall–Kier alpha value is -1.61. The molecule has 1 aromatic heterocycles. The van der Waals surface area contributed by atoms with Gasteiger partial charge in [0.05, 0.1) is 12.6 Å². The van der Waals surface area contributed by atoms with Crippen LogP contribution in [-0.2, 0) is 4.74 Å². The third kappa shape index (κ3) is 1.95. The number of aromatic nitrogens is 1. The summed E-state index contributed by atoms with van der Waals surface area (Å²) in [6.07, 6.45) is 3.96. The summed E-state index contributed by atoms with van der Waals surface area (Å²) < 4.78 is 7.30. The lowest BCUT2D eigenvalue weighted by Crippen LogP contribution is -2.30. The van der Waals surface area contributed by atoms with Gasteiger partial charge in [-0.15, -0.1) is 0 Å².